The van der Waals surface area contributed by atoms with Gasteiger partial charge in [0.25, 0.3) is 0 Å². The maximum atomic E-state index is 10.7. The first-order chi connectivity index (χ1) is 5.72. The normalized spacial score (nSPS) is 9.83. The molecule has 1 aromatic rings. The number of aryl methyl sites for hydroxylation is 1. The van der Waals surface area contributed by atoms with E-state index in [2.05, 4.69) is 9.72 Å². The van der Waals surface area contributed by atoms with Gasteiger partial charge in [-0.1, -0.05) is 11.8 Å². The Bertz CT molecular complexity index is 272. The number of rotatable bonds is 3. The molecular weight excluding hydrogens is 194 g/mol. The molecule has 0 radical (unpaired) electrons. The molecule has 0 amide bonds. The SMILES string of the molecule is COC(=O)CSc1nc(C)cs1. The maximum Gasteiger partial charge on any atom is 0.316 e. The van der Waals surface area contributed by atoms with Crippen LogP contribution in [0.1, 0.15) is 5.69 Å². The predicted molar refractivity (Wildman–Crippen MR) is 49.6 cm³/mol. The van der Waals surface area contributed by atoms with Crippen molar-refractivity contribution in [2.24, 2.45) is 0 Å². The third-order valence-corrected chi connectivity index (χ3v) is 3.25. The Morgan fingerprint density at radius 2 is 2.58 bits per heavy atom. The van der Waals surface area contributed by atoms with Gasteiger partial charge >= 0.3 is 5.97 Å². The zero-order chi connectivity index (χ0) is 8.97. The van der Waals surface area contributed by atoms with Crippen LogP contribution in [0.4, 0.5) is 0 Å². The van der Waals surface area contributed by atoms with Crippen LogP contribution in [0.3, 0.4) is 0 Å². The van der Waals surface area contributed by atoms with Crippen LogP contribution in [-0.4, -0.2) is 23.8 Å². The van der Waals surface area contributed by atoms with Crippen molar-refractivity contribution in [3.63, 3.8) is 0 Å². The van der Waals surface area contributed by atoms with Crippen molar-refractivity contribution in [3.05, 3.63) is 11.1 Å². The number of carbonyl (C=O) groups is 1. The molecule has 3 nitrogen and oxygen atoms in total. The first-order valence-corrected chi connectivity index (χ1v) is 5.20. The highest BCUT2D eigenvalue weighted by atomic mass is 32.2. The van der Waals surface area contributed by atoms with Crippen molar-refractivity contribution in [3.8, 4) is 0 Å². The lowest BCUT2D eigenvalue weighted by Crippen LogP contribution is -2.02. The van der Waals surface area contributed by atoms with Gasteiger partial charge < -0.3 is 4.74 Å². The average molecular weight is 203 g/mol. The Kier molecular flexibility index (Phi) is 3.55. The summed E-state index contributed by atoms with van der Waals surface area (Å²) in [7, 11) is 1.38. The number of nitrogens with zero attached hydrogens (tertiary/aromatic N) is 1. The summed E-state index contributed by atoms with van der Waals surface area (Å²) < 4.78 is 5.41. The molecule has 0 N–H and O–H groups in total. The Balaban J connectivity index is 2.38. The summed E-state index contributed by atoms with van der Waals surface area (Å²) >= 11 is 2.95. The number of esters is 1. The van der Waals surface area contributed by atoms with Gasteiger partial charge in [0.05, 0.1) is 12.9 Å². The van der Waals surface area contributed by atoms with Crippen LogP contribution in [0.25, 0.3) is 0 Å². The molecule has 5 heteroatoms. The standard InChI is InChI=1S/C7H9NO2S2/c1-5-3-11-7(8-5)12-4-6(9)10-2/h3H,4H2,1-2H3. The summed E-state index contributed by atoms with van der Waals surface area (Å²) in [6, 6.07) is 0. The summed E-state index contributed by atoms with van der Waals surface area (Å²) in [5, 5.41) is 1.96. The molecule has 0 atom stereocenters. The largest absolute Gasteiger partial charge is 0.468 e. The van der Waals surface area contributed by atoms with Gasteiger partial charge in [-0.05, 0) is 6.92 Å². The van der Waals surface area contributed by atoms with E-state index < -0.39 is 0 Å². The molecule has 0 fully saturated rings. The molecule has 0 bridgehead atoms. The van der Waals surface area contributed by atoms with E-state index in [0.717, 1.165) is 10.0 Å². The number of hydrogen-bond donors (Lipinski definition) is 0. The van der Waals surface area contributed by atoms with Crippen molar-refractivity contribution in [2.45, 2.75) is 11.3 Å². The zero-order valence-corrected chi connectivity index (χ0v) is 8.50. The number of thiazole rings is 1. The van der Waals surface area contributed by atoms with E-state index >= 15 is 0 Å². The van der Waals surface area contributed by atoms with E-state index in [4.69, 9.17) is 0 Å². The van der Waals surface area contributed by atoms with Crippen LogP contribution in [0.15, 0.2) is 9.72 Å². The van der Waals surface area contributed by atoms with Gasteiger partial charge in [0.15, 0.2) is 4.34 Å². The van der Waals surface area contributed by atoms with Gasteiger partial charge in [0, 0.05) is 11.1 Å². The van der Waals surface area contributed by atoms with E-state index in [1.807, 2.05) is 12.3 Å². The van der Waals surface area contributed by atoms with Crippen LogP contribution < -0.4 is 0 Å². The minimum absolute atomic E-state index is 0.215. The van der Waals surface area contributed by atoms with E-state index in [1.165, 1.54) is 18.9 Å². The van der Waals surface area contributed by atoms with E-state index in [-0.39, 0.29) is 5.97 Å². The van der Waals surface area contributed by atoms with Gasteiger partial charge in [-0.3, -0.25) is 4.79 Å². The van der Waals surface area contributed by atoms with Gasteiger partial charge in [-0.25, -0.2) is 4.98 Å². The van der Waals surface area contributed by atoms with Gasteiger partial charge in [0.2, 0.25) is 0 Å². The Labute approximate surface area is 79.1 Å². The fraction of sp³-hybridized carbons (Fsp3) is 0.429. The second kappa shape index (κ2) is 4.47. The molecule has 66 valence electrons. The van der Waals surface area contributed by atoms with Crippen molar-refractivity contribution in [1.29, 1.82) is 0 Å². The fourth-order valence-corrected chi connectivity index (χ4v) is 2.26. The number of ether oxygens (including phenoxy) is 1. The third kappa shape index (κ3) is 2.83. The number of thioether (sulfide) groups is 1. The van der Waals surface area contributed by atoms with Crippen LogP contribution >= 0.6 is 23.1 Å². The number of methoxy groups -OCH3 is 1. The lowest BCUT2D eigenvalue weighted by atomic mass is 10.6. The lowest BCUT2D eigenvalue weighted by molar-refractivity contribution is -0.137. The number of hydrogen-bond acceptors (Lipinski definition) is 5. The quantitative estimate of drug-likeness (QED) is 0.554. The molecule has 0 aromatic carbocycles. The van der Waals surface area contributed by atoms with Crippen molar-refractivity contribution in [2.75, 3.05) is 12.9 Å². The van der Waals surface area contributed by atoms with E-state index in [1.54, 1.807) is 11.3 Å². The molecule has 1 aromatic heterocycles. The maximum absolute atomic E-state index is 10.7. The summed E-state index contributed by atoms with van der Waals surface area (Å²) in [5.41, 5.74) is 0.993. The van der Waals surface area contributed by atoms with Crippen LogP contribution in [0, 0.1) is 6.92 Å². The summed E-state index contributed by atoms with van der Waals surface area (Å²) in [4.78, 5) is 14.9. The molecule has 0 aliphatic rings. The average Bonchev–Trinajstić information content (AvgIpc) is 2.47. The highest BCUT2D eigenvalue weighted by Gasteiger charge is 2.04. The van der Waals surface area contributed by atoms with Crippen molar-refractivity contribution < 1.29 is 9.53 Å². The zero-order valence-electron chi connectivity index (χ0n) is 6.86. The van der Waals surface area contributed by atoms with Gasteiger partial charge in [-0.15, -0.1) is 11.3 Å². The monoisotopic (exact) mass is 203 g/mol. The molecule has 0 saturated heterocycles. The summed E-state index contributed by atoms with van der Waals surface area (Å²) in [5.74, 6) is 0.122. The molecule has 0 saturated carbocycles. The molecule has 0 aliphatic heterocycles. The molecule has 1 heterocycles. The Morgan fingerprint density at radius 1 is 1.83 bits per heavy atom. The van der Waals surface area contributed by atoms with E-state index in [0.29, 0.717) is 5.75 Å². The van der Waals surface area contributed by atoms with E-state index in [9.17, 15) is 4.79 Å². The van der Waals surface area contributed by atoms with Crippen LogP contribution in [-0.2, 0) is 9.53 Å². The second-order valence-electron chi connectivity index (χ2n) is 2.12. The molecule has 12 heavy (non-hydrogen) atoms. The topological polar surface area (TPSA) is 39.2 Å². The molecule has 1 rings (SSSR count). The highest BCUT2D eigenvalue weighted by Crippen LogP contribution is 2.21. The Morgan fingerprint density at radius 3 is 3.08 bits per heavy atom. The van der Waals surface area contributed by atoms with Crippen molar-refractivity contribution in [1.82, 2.24) is 4.98 Å². The minimum atomic E-state index is -0.215. The lowest BCUT2D eigenvalue weighted by Gasteiger charge is -1.94. The number of aromatic nitrogens is 1. The first-order valence-electron chi connectivity index (χ1n) is 3.34. The van der Waals surface area contributed by atoms with Crippen LogP contribution in [0.5, 0.6) is 0 Å². The predicted octanol–water partition coefficient (Wildman–Crippen LogP) is 1.72. The molecular formula is C7H9NO2S2. The molecule has 0 unspecified atom stereocenters. The molecule has 0 aliphatic carbocycles. The fourth-order valence-electron chi connectivity index (χ4n) is 0.578. The Hall–Kier alpha value is -0.550. The van der Waals surface area contributed by atoms with Gasteiger partial charge in [-0.2, -0.15) is 0 Å². The van der Waals surface area contributed by atoms with Crippen LogP contribution in [0.2, 0.25) is 0 Å². The minimum Gasteiger partial charge on any atom is -0.468 e. The first kappa shape index (κ1) is 9.54. The van der Waals surface area contributed by atoms with Gasteiger partial charge in [0.1, 0.15) is 0 Å². The van der Waals surface area contributed by atoms with Crippen molar-refractivity contribution >= 4 is 29.1 Å². The second-order valence-corrected chi connectivity index (χ2v) is 4.20. The number of carbonyl (C=O) groups excluding carboxylic acids is 1. The third-order valence-electron chi connectivity index (χ3n) is 1.14. The smallest absolute Gasteiger partial charge is 0.316 e. The highest BCUT2D eigenvalue weighted by molar-refractivity contribution is 8.01. The molecule has 0 spiro atoms. The summed E-state index contributed by atoms with van der Waals surface area (Å²) in [6.07, 6.45) is 0. The summed E-state index contributed by atoms with van der Waals surface area (Å²) in [6.45, 7) is 1.93.